The Bertz CT molecular complexity index is 590. The van der Waals surface area contributed by atoms with Crippen LogP contribution in [0, 0.1) is 12.7 Å². The lowest BCUT2D eigenvalue weighted by molar-refractivity contribution is 0.386. The minimum absolute atomic E-state index is 0.251. The second kappa shape index (κ2) is 6.02. The predicted molar refractivity (Wildman–Crippen MR) is 77.0 cm³/mol. The van der Waals surface area contributed by atoms with E-state index in [-0.39, 0.29) is 11.6 Å². The van der Waals surface area contributed by atoms with Crippen LogP contribution in [0.2, 0.25) is 0 Å². The van der Waals surface area contributed by atoms with Crippen LogP contribution < -0.4 is 10.1 Å². The SMILES string of the molecule is COc1ccc(CNc2ccc(Br)c(C)n2)cc1F. The number of ether oxygens (including phenoxy) is 1. The predicted octanol–water partition coefficient (Wildman–Crippen LogP) is 3.91. The molecule has 2 aromatic rings. The van der Waals surface area contributed by atoms with Gasteiger partial charge in [-0.05, 0) is 52.7 Å². The van der Waals surface area contributed by atoms with Crippen molar-refractivity contribution in [3.05, 3.63) is 51.9 Å². The number of anilines is 1. The van der Waals surface area contributed by atoms with Crippen molar-refractivity contribution in [1.82, 2.24) is 4.98 Å². The molecule has 0 fully saturated rings. The summed E-state index contributed by atoms with van der Waals surface area (Å²) in [7, 11) is 1.45. The van der Waals surface area contributed by atoms with Crippen LogP contribution in [0.5, 0.6) is 5.75 Å². The van der Waals surface area contributed by atoms with E-state index in [1.807, 2.05) is 25.1 Å². The quantitative estimate of drug-likeness (QED) is 0.925. The van der Waals surface area contributed by atoms with Gasteiger partial charge < -0.3 is 10.1 Å². The third kappa shape index (κ3) is 3.44. The molecule has 0 spiro atoms. The van der Waals surface area contributed by atoms with E-state index >= 15 is 0 Å². The van der Waals surface area contributed by atoms with Gasteiger partial charge in [0.25, 0.3) is 0 Å². The molecule has 3 nitrogen and oxygen atoms in total. The van der Waals surface area contributed by atoms with Crippen molar-refractivity contribution < 1.29 is 9.13 Å². The van der Waals surface area contributed by atoms with Crippen LogP contribution in [0.15, 0.2) is 34.8 Å². The van der Waals surface area contributed by atoms with Crippen LogP contribution in [0.4, 0.5) is 10.2 Å². The highest BCUT2D eigenvalue weighted by atomic mass is 79.9. The number of benzene rings is 1. The number of aryl methyl sites for hydroxylation is 1. The molecule has 0 radical (unpaired) electrons. The Balaban J connectivity index is 2.05. The van der Waals surface area contributed by atoms with Crippen LogP contribution in [-0.2, 0) is 6.54 Å². The molecule has 1 aromatic heterocycles. The summed E-state index contributed by atoms with van der Waals surface area (Å²) in [5.41, 5.74) is 1.74. The first-order valence-electron chi connectivity index (χ1n) is 5.79. The molecule has 100 valence electrons. The van der Waals surface area contributed by atoms with E-state index in [4.69, 9.17) is 4.74 Å². The molecular formula is C14H14BrFN2O. The molecule has 0 bridgehead atoms. The molecule has 0 unspecified atom stereocenters. The van der Waals surface area contributed by atoms with Crippen LogP contribution in [0.3, 0.4) is 0 Å². The lowest BCUT2D eigenvalue weighted by atomic mass is 10.2. The van der Waals surface area contributed by atoms with E-state index in [2.05, 4.69) is 26.2 Å². The highest BCUT2D eigenvalue weighted by molar-refractivity contribution is 9.10. The largest absolute Gasteiger partial charge is 0.494 e. The maximum atomic E-state index is 13.5. The summed E-state index contributed by atoms with van der Waals surface area (Å²) < 4.78 is 19.4. The van der Waals surface area contributed by atoms with Gasteiger partial charge >= 0.3 is 0 Å². The van der Waals surface area contributed by atoms with Crippen LogP contribution >= 0.6 is 15.9 Å². The molecule has 2 rings (SSSR count). The highest BCUT2D eigenvalue weighted by Crippen LogP contribution is 2.19. The average molecular weight is 325 g/mol. The fourth-order valence-electron chi connectivity index (χ4n) is 1.65. The van der Waals surface area contributed by atoms with Crippen molar-refractivity contribution in [2.75, 3.05) is 12.4 Å². The van der Waals surface area contributed by atoms with Crippen LogP contribution in [0.1, 0.15) is 11.3 Å². The molecule has 0 amide bonds. The summed E-state index contributed by atoms with van der Waals surface area (Å²) in [6, 6.07) is 8.70. The molecule has 1 aromatic carbocycles. The number of hydrogen-bond donors (Lipinski definition) is 1. The van der Waals surface area contributed by atoms with E-state index in [0.29, 0.717) is 6.54 Å². The van der Waals surface area contributed by atoms with Gasteiger partial charge in [0, 0.05) is 11.0 Å². The zero-order valence-electron chi connectivity index (χ0n) is 10.7. The summed E-state index contributed by atoms with van der Waals surface area (Å²) in [6.45, 7) is 2.43. The van der Waals surface area contributed by atoms with Crippen molar-refractivity contribution >= 4 is 21.7 Å². The fraction of sp³-hybridized carbons (Fsp3) is 0.214. The van der Waals surface area contributed by atoms with Crippen molar-refractivity contribution in [3.8, 4) is 5.75 Å². The molecule has 0 atom stereocenters. The lowest BCUT2D eigenvalue weighted by Gasteiger charge is -2.08. The number of halogens is 2. The van der Waals surface area contributed by atoms with Gasteiger partial charge in [0.2, 0.25) is 0 Å². The minimum atomic E-state index is -0.359. The summed E-state index contributed by atoms with van der Waals surface area (Å²) in [5, 5.41) is 3.15. The maximum Gasteiger partial charge on any atom is 0.165 e. The zero-order valence-corrected chi connectivity index (χ0v) is 12.3. The minimum Gasteiger partial charge on any atom is -0.494 e. The monoisotopic (exact) mass is 324 g/mol. The Morgan fingerprint density at radius 2 is 2.11 bits per heavy atom. The summed E-state index contributed by atoms with van der Waals surface area (Å²) in [5.74, 6) is 0.653. The summed E-state index contributed by atoms with van der Waals surface area (Å²) in [6.07, 6.45) is 0. The number of aromatic nitrogens is 1. The smallest absolute Gasteiger partial charge is 0.165 e. The lowest BCUT2D eigenvalue weighted by Crippen LogP contribution is -2.02. The molecular weight excluding hydrogens is 311 g/mol. The van der Waals surface area contributed by atoms with E-state index < -0.39 is 0 Å². The molecule has 1 heterocycles. The molecule has 0 aliphatic heterocycles. The van der Waals surface area contributed by atoms with Gasteiger partial charge in [-0.25, -0.2) is 9.37 Å². The first-order valence-corrected chi connectivity index (χ1v) is 6.59. The van der Waals surface area contributed by atoms with Crippen molar-refractivity contribution in [1.29, 1.82) is 0 Å². The molecule has 1 N–H and O–H groups in total. The highest BCUT2D eigenvalue weighted by Gasteiger charge is 2.04. The van der Waals surface area contributed by atoms with Gasteiger partial charge in [-0.3, -0.25) is 0 Å². The molecule has 0 saturated heterocycles. The number of nitrogens with zero attached hydrogens (tertiary/aromatic N) is 1. The third-order valence-electron chi connectivity index (χ3n) is 2.71. The second-order valence-electron chi connectivity index (χ2n) is 4.09. The maximum absolute atomic E-state index is 13.5. The fourth-order valence-corrected chi connectivity index (χ4v) is 1.88. The number of nitrogens with one attached hydrogen (secondary N) is 1. The van der Waals surface area contributed by atoms with E-state index in [9.17, 15) is 4.39 Å². The van der Waals surface area contributed by atoms with E-state index in [0.717, 1.165) is 21.5 Å². The van der Waals surface area contributed by atoms with Gasteiger partial charge in [0.15, 0.2) is 11.6 Å². The van der Waals surface area contributed by atoms with E-state index in [1.54, 1.807) is 6.07 Å². The molecule has 19 heavy (non-hydrogen) atoms. The van der Waals surface area contributed by atoms with Gasteiger partial charge in [-0.1, -0.05) is 6.07 Å². The standard InChI is InChI=1S/C14H14BrFN2O/c1-9-11(15)4-6-14(18-9)17-8-10-3-5-13(19-2)12(16)7-10/h3-7H,8H2,1-2H3,(H,17,18). The van der Waals surface area contributed by atoms with Gasteiger partial charge in [0.1, 0.15) is 5.82 Å². The summed E-state index contributed by atoms with van der Waals surface area (Å²) >= 11 is 3.40. The van der Waals surface area contributed by atoms with Crippen LogP contribution in [0.25, 0.3) is 0 Å². The first-order chi connectivity index (χ1) is 9.10. The average Bonchev–Trinajstić information content (AvgIpc) is 2.40. The summed E-state index contributed by atoms with van der Waals surface area (Å²) in [4.78, 5) is 4.37. The number of rotatable bonds is 4. The zero-order chi connectivity index (χ0) is 13.8. The normalized spacial score (nSPS) is 10.3. The molecule has 0 aliphatic carbocycles. The molecule has 0 aliphatic rings. The number of methoxy groups -OCH3 is 1. The Hall–Kier alpha value is -1.62. The van der Waals surface area contributed by atoms with Crippen molar-refractivity contribution in [3.63, 3.8) is 0 Å². The molecule has 0 saturated carbocycles. The first kappa shape index (κ1) is 13.8. The van der Waals surface area contributed by atoms with Gasteiger partial charge in [-0.2, -0.15) is 0 Å². The second-order valence-corrected chi connectivity index (χ2v) is 4.94. The van der Waals surface area contributed by atoms with E-state index in [1.165, 1.54) is 13.2 Å². The number of pyridine rings is 1. The topological polar surface area (TPSA) is 34.1 Å². The van der Waals surface area contributed by atoms with Crippen molar-refractivity contribution in [2.24, 2.45) is 0 Å². The van der Waals surface area contributed by atoms with Gasteiger partial charge in [-0.15, -0.1) is 0 Å². The Morgan fingerprint density at radius 3 is 2.74 bits per heavy atom. The van der Waals surface area contributed by atoms with Crippen LogP contribution in [-0.4, -0.2) is 12.1 Å². The van der Waals surface area contributed by atoms with Gasteiger partial charge in [0.05, 0.1) is 12.8 Å². The third-order valence-corrected chi connectivity index (χ3v) is 3.55. The Morgan fingerprint density at radius 1 is 1.32 bits per heavy atom. The Kier molecular flexibility index (Phi) is 4.37. The Labute approximate surface area is 119 Å². The number of hydrogen-bond acceptors (Lipinski definition) is 3. The van der Waals surface area contributed by atoms with Crippen molar-refractivity contribution in [2.45, 2.75) is 13.5 Å². The molecule has 5 heteroatoms.